The summed E-state index contributed by atoms with van der Waals surface area (Å²) in [4.78, 5) is 23.2. The van der Waals surface area contributed by atoms with E-state index in [1.165, 1.54) is 0 Å². The summed E-state index contributed by atoms with van der Waals surface area (Å²) in [6.45, 7) is 0.158. The molecule has 0 aliphatic carbocycles. The fourth-order valence-electron chi connectivity index (χ4n) is 2.11. The Kier molecular flexibility index (Phi) is 6.63. The molecule has 5 nitrogen and oxygen atoms in total. The van der Waals surface area contributed by atoms with Crippen molar-refractivity contribution in [2.45, 2.75) is 18.9 Å². The van der Waals surface area contributed by atoms with E-state index in [4.69, 9.17) is 16.3 Å². The second-order valence-corrected chi connectivity index (χ2v) is 5.64. The van der Waals surface area contributed by atoms with Crippen molar-refractivity contribution in [3.8, 4) is 5.75 Å². The van der Waals surface area contributed by atoms with Crippen LogP contribution in [0, 0.1) is 0 Å². The van der Waals surface area contributed by atoms with Crippen LogP contribution in [0.5, 0.6) is 5.75 Å². The lowest BCUT2D eigenvalue weighted by Crippen LogP contribution is -2.42. The lowest BCUT2D eigenvalue weighted by Gasteiger charge is -2.15. The number of carbonyl (C=O) groups is 2. The monoisotopic (exact) mass is 347 g/mol. The van der Waals surface area contributed by atoms with Crippen LogP contribution in [0.4, 0.5) is 0 Å². The van der Waals surface area contributed by atoms with Crippen LogP contribution in [-0.2, 0) is 16.0 Å². The maximum Gasteiger partial charge on any atom is 0.326 e. The zero-order chi connectivity index (χ0) is 17.4. The minimum atomic E-state index is -1.06. The van der Waals surface area contributed by atoms with Crippen molar-refractivity contribution in [3.63, 3.8) is 0 Å². The Hall–Kier alpha value is -2.53. The Labute approximate surface area is 145 Å². The number of carbonyl (C=O) groups excluding carboxylic acids is 1. The van der Waals surface area contributed by atoms with Crippen LogP contribution < -0.4 is 10.1 Å². The average molecular weight is 348 g/mol. The van der Waals surface area contributed by atoms with Crippen molar-refractivity contribution in [2.75, 3.05) is 6.61 Å². The van der Waals surface area contributed by atoms with Crippen LogP contribution in [-0.4, -0.2) is 29.6 Å². The largest absolute Gasteiger partial charge is 0.493 e. The first-order chi connectivity index (χ1) is 11.5. The summed E-state index contributed by atoms with van der Waals surface area (Å²) >= 11 is 5.77. The van der Waals surface area contributed by atoms with Crippen LogP contribution in [0.3, 0.4) is 0 Å². The summed E-state index contributed by atoms with van der Waals surface area (Å²) in [5, 5.41) is 12.4. The molecule has 0 aromatic heterocycles. The minimum absolute atomic E-state index is 0.0706. The van der Waals surface area contributed by atoms with Crippen molar-refractivity contribution >= 4 is 23.5 Å². The summed E-state index contributed by atoms with van der Waals surface area (Å²) in [5.41, 5.74) is 0.850. The number of amides is 1. The zero-order valence-electron chi connectivity index (χ0n) is 12.9. The van der Waals surface area contributed by atoms with E-state index in [1.54, 1.807) is 24.3 Å². The van der Waals surface area contributed by atoms with Crippen LogP contribution in [0.2, 0.25) is 5.02 Å². The molecule has 0 radical (unpaired) electrons. The van der Waals surface area contributed by atoms with E-state index in [9.17, 15) is 14.7 Å². The summed E-state index contributed by atoms with van der Waals surface area (Å²) in [7, 11) is 0. The highest BCUT2D eigenvalue weighted by Crippen LogP contribution is 2.15. The first-order valence-electron chi connectivity index (χ1n) is 7.49. The first kappa shape index (κ1) is 17.8. The highest BCUT2D eigenvalue weighted by molar-refractivity contribution is 6.30. The van der Waals surface area contributed by atoms with Crippen LogP contribution in [0.15, 0.2) is 54.6 Å². The van der Waals surface area contributed by atoms with Crippen LogP contribution >= 0.6 is 11.6 Å². The molecule has 0 saturated heterocycles. The van der Waals surface area contributed by atoms with Gasteiger partial charge in [-0.15, -0.1) is 0 Å². The van der Waals surface area contributed by atoms with Gasteiger partial charge in [-0.1, -0.05) is 41.9 Å². The molecule has 126 valence electrons. The van der Waals surface area contributed by atoms with Gasteiger partial charge in [0.25, 0.3) is 0 Å². The van der Waals surface area contributed by atoms with Gasteiger partial charge in [-0.3, -0.25) is 4.79 Å². The molecule has 2 N–H and O–H groups in total. The predicted octanol–water partition coefficient (Wildman–Crippen LogP) is 2.92. The third kappa shape index (κ3) is 5.93. The number of carboxylic acids is 1. The molecule has 2 aromatic rings. The van der Waals surface area contributed by atoms with E-state index in [-0.39, 0.29) is 25.4 Å². The summed E-state index contributed by atoms with van der Waals surface area (Å²) in [6, 6.07) is 15.0. The van der Waals surface area contributed by atoms with Gasteiger partial charge in [0.05, 0.1) is 13.0 Å². The van der Waals surface area contributed by atoms with Gasteiger partial charge in [0.2, 0.25) is 5.91 Å². The maximum atomic E-state index is 11.9. The smallest absolute Gasteiger partial charge is 0.326 e. The Morgan fingerprint density at radius 1 is 1.08 bits per heavy atom. The minimum Gasteiger partial charge on any atom is -0.493 e. The Morgan fingerprint density at radius 3 is 2.38 bits per heavy atom. The molecule has 0 heterocycles. The SMILES string of the molecule is O=C(CCOc1ccc(Cl)cc1)NC(Cc1ccccc1)C(=O)O. The number of aliphatic carboxylic acids is 1. The van der Waals surface area contributed by atoms with Crippen molar-refractivity contribution in [1.29, 1.82) is 0 Å². The number of rotatable bonds is 8. The van der Waals surface area contributed by atoms with Gasteiger partial charge in [-0.25, -0.2) is 4.79 Å². The normalized spacial score (nSPS) is 11.5. The fourth-order valence-corrected chi connectivity index (χ4v) is 2.23. The van der Waals surface area contributed by atoms with Gasteiger partial charge in [-0.05, 0) is 29.8 Å². The summed E-state index contributed by atoms with van der Waals surface area (Å²) in [6.07, 6.45) is 0.307. The number of benzene rings is 2. The van der Waals surface area contributed by atoms with E-state index in [2.05, 4.69) is 5.32 Å². The van der Waals surface area contributed by atoms with Crippen LogP contribution in [0.1, 0.15) is 12.0 Å². The second kappa shape index (κ2) is 8.93. The standard InChI is InChI=1S/C18H18ClNO4/c19-14-6-8-15(9-7-14)24-11-10-17(21)20-16(18(22)23)12-13-4-2-1-3-5-13/h1-9,16H,10-12H2,(H,20,21)(H,22,23). The molecule has 6 heteroatoms. The van der Waals surface area contributed by atoms with E-state index >= 15 is 0 Å². The van der Waals surface area contributed by atoms with Crippen LogP contribution in [0.25, 0.3) is 0 Å². The molecule has 0 fully saturated rings. The summed E-state index contributed by atoms with van der Waals surface area (Å²) in [5.74, 6) is -0.829. The van der Waals surface area contributed by atoms with E-state index in [0.717, 1.165) is 5.56 Å². The van der Waals surface area contributed by atoms with Gasteiger partial charge < -0.3 is 15.2 Å². The predicted molar refractivity (Wildman–Crippen MR) is 91.3 cm³/mol. The topological polar surface area (TPSA) is 75.6 Å². The van der Waals surface area contributed by atoms with E-state index < -0.39 is 12.0 Å². The molecule has 1 unspecified atom stereocenters. The Balaban J connectivity index is 1.80. The molecule has 2 aromatic carbocycles. The Morgan fingerprint density at radius 2 is 1.75 bits per heavy atom. The number of ether oxygens (including phenoxy) is 1. The third-order valence-electron chi connectivity index (χ3n) is 3.33. The summed E-state index contributed by atoms with van der Waals surface area (Å²) < 4.78 is 5.43. The molecule has 0 bridgehead atoms. The van der Waals surface area contributed by atoms with Gasteiger partial charge in [0.15, 0.2) is 0 Å². The molecule has 1 atom stereocenters. The number of hydrogen-bond acceptors (Lipinski definition) is 3. The molecular formula is C18H18ClNO4. The van der Waals surface area contributed by atoms with Crippen molar-refractivity contribution < 1.29 is 19.4 Å². The highest BCUT2D eigenvalue weighted by Gasteiger charge is 2.20. The molecule has 1 amide bonds. The van der Waals surface area contributed by atoms with E-state index in [1.807, 2.05) is 30.3 Å². The maximum absolute atomic E-state index is 11.9. The highest BCUT2D eigenvalue weighted by atomic mass is 35.5. The van der Waals surface area contributed by atoms with Gasteiger partial charge in [-0.2, -0.15) is 0 Å². The lowest BCUT2D eigenvalue weighted by molar-refractivity contribution is -0.141. The number of halogens is 1. The zero-order valence-corrected chi connectivity index (χ0v) is 13.7. The number of carboxylic acid groups (broad SMARTS) is 1. The third-order valence-corrected chi connectivity index (χ3v) is 3.58. The average Bonchev–Trinajstić information content (AvgIpc) is 2.57. The molecule has 2 rings (SSSR count). The molecule has 24 heavy (non-hydrogen) atoms. The van der Waals surface area contributed by atoms with Crippen molar-refractivity contribution in [2.24, 2.45) is 0 Å². The van der Waals surface area contributed by atoms with Gasteiger partial charge in [0.1, 0.15) is 11.8 Å². The lowest BCUT2D eigenvalue weighted by atomic mass is 10.1. The molecule has 0 spiro atoms. The number of nitrogens with one attached hydrogen (secondary N) is 1. The van der Waals surface area contributed by atoms with Gasteiger partial charge in [0, 0.05) is 11.4 Å². The van der Waals surface area contributed by atoms with Crippen molar-refractivity contribution in [1.82, 2.24) is 5.32 Å². The molecular weight excluding hydrogens is 330 g/mol. The fraction of sp³-hybridized carbons (Fsp3) is 0.222. The second-order valence-electron chi connectivity index (χ2n) is 5.20. The first-order valence-corrected chi connectivity index (χ1v) is 7.87. The molecule has 0 aliphatic heterocycles. The quantitative estimate of drug-likeness (QED) is 0.770. The molecule has 0 saturated carbocycles. The van der Waals surface area contributed by atoms with Gasteiger partial charge >= 0.3 is 5.97 Å². The van der Waals surface area contributed by atoms with Crippen molar-refractivity contribution in [3.05, 3.63) is 65.2 Å². The molecule has 0 aliphatic rings. The Bertz CT molecular complexity index is 673. The van der Waals surface area contributed by atoms with E-state index in [0.29, 0.717) is 10.8 Å². The number of hydrogen-bond donors (Lipinski definition) is 2.